The van der Waals surface area contributed by atoms with Crippen LogP contribution in [-0.4, -0.2) is 15.9 Å². The lowest BCUT2D eigenvalue weighted by Gasteiger charge is -2.09. The second-order valence-corrected chi connectivity index (χ2v) is 4.87. The van der Waals surface area contributed by atoms with Crippen molar-refractivity contribution in [3.05, 3.63) is 72.7 Å². The average Bonchev–Trinajstić information content (AvgIpc) is 2.56. The van der Waals surface area contributed by atoms with Gasteiger partial charge in [-0.15, -0.1) is 0 Å². The van der Waals surface area contributed by atoms with Crippen molar-refractivity contribution in [3.63, 3.8) is 0 Å². The average molecular weight is 305 g/mol. The van der Waals surface area contributed by atoms with Crippen LogP contribution >= 0.6 is 0 Å². The first-order valence-electron chi connectivity index (χ1n) is 7.01. The van der Waals surface area contributed by atoms with Crippen LogP contribution in [0.25, 0.3) is 0 Å². The van der Waals surface area contributed by atoms with Crippen LogP contribution < -0.4 is 16.4 Å². The number of rotatable bonds is 4. The van der Waals surface area contributed by atoms with E-state index < -0.39 is 0 Å². The van der Waals surface area contributed by atoms with E-state index in [-0.39, 0.29) is 5.91 Å². The molecular weight excluding hydrogens is 290 g/mol. The summed E-state index contributed by atoms with van der Waals surface area (Å²) in [6.45, 7) is 0. The fourth-order valence-corrected chi connectivity index (χ4v) is 2.05. The molecule has 4 N–H and O–H groups in total. The number of nitrogens with zero attached hydrogens (tertiary/aromatic N) is 2. The van der Waals surface area contributed by atoms with Gasteiger partial charge in [-0.3, -0.25) is 9.78 Å². The van der Waals surface area contributed by atoms with E-state index in [1.54, 1.807) is 48.9 Å². The van der Waals surface area contributed by atoms with Crippen molar-refractivity contribution in [2.45, 2.75) is 0 Å². The predicted octanol–water partition coefficient (Wildman–Crippen LogP) is 3.05. The van der Waals surface area contributed by atoms with E-state index in [1.165, 1.54) is 0 Å². The van der Waals surface area contributed by atoms with Gasteiger partial charge in [0, 0.05) is 47.3 Å². The SMILES string of the molecule is Nc1cccc(C(=O)Nc2cc(Nc3ccncc3)ccn2)c1. The topological polar surface area (TPSA) is 92.9 Å². The maximum absolute atomic E-state index is 12.2. The zero-order valence-corrected chi connectivity index (χ0v) is 12.2. The molecule has 0 saturated carbocycles. The largest absolute Gasteiger partial charge is 0.399 e. The minimum absolute atomic E-state index is 0.258. The van der Waals surface area contributed by atoms with Crippen molar-refractivity contribution >= 4 is 28.8 Å². The highest BCUT2D eigenvalue weighted by molar-refractivity contribution is 6.04. The zero-order chi connectivity index (χ0) is 16.1. The number of aromatic nitrogens is 2. The van der Waals surface area contributed by atoms with Crippen molar-refractivity contribution < 1.29 is 4.79 Å². The third-order valence-corrected chi connectivity index (χ3v) is 3.12. The molecule has 23 heavy (non-hydrogen) atoms. The lowest BCUT2D eigenvalue weighted by Crippen LogP contribution is -2.13. The molecule has 6 heteroatoms. The molecule has 2 heterocycles. The third kappa shape index (κ3) is 3.82. The van der Waals surface area contributed by atoms with Crippen molar-refractivity contribution in [1.82, 2.24) is 9.97 Å². The predicted molar refractivity (Wildman–Crippen MR) is 90.6 cm³/mol. The Hall–Kier alpha value is -3.41. The van der Waals surface area contributed by atoms with Crippen LogP contribution in [0.2, 0.25) is 0 Å². The van der Waals surface area contributed by atoms with Crippen molar-refractivity contribution in [1.29, 1.82) is 0 Å². The maximum Gasteiger partial charge on any atom is 0.256 e. The van der Waals surface area contributed by atoms with Crippen LogP contribution in [-0.2, 0) is 0 Å². The van der Waals surface area contributed by atoms with Crippen molar-refractivity contribution in [2.24, 2.45) is 0 Å². The molecule has 114 valence electrons. The van der Waals surface area contributed by atoms with Gasteiger partial charge in [-0.05, 0) is 36.4 Å². The summed E-state index contributed by atoms with van der Waals surface area (Å²) in [6.07, 6.45) is 5.02. The number of carbonyl (C=O) groups is 1. The molecule has 0 atom stereocenters. The summed E-state index contributed by atoms with van der Waals surface area (Å²) < 4.78 is 0. The molecule has 1 aromatic carbocycles. The molecule has 3 aromatic rings. The van der Waals surface area contributed by atoms with Gasteiger partial charge < -0.3 is 16.4 Å². The molecule has 0 unspecified atom stereocenters. The van der Waals surface area contributed by atoms with Gasteiger partial charge in [0.2, 0.25) is 0 Å². The Morgan fingerprint density at radius 2 is 1.74 bits per heavy atom. The molecule has 3 rings (SSSR count). The van der Waals surface area contributed by atoms with Gasteiger partial charge in [0.15, 0.2) is 0 Å². The van der Waals surface area contributed by atoms with E-state index in [2.05, 4.69) is 20.6 Å². The Balaban J connectivity index is 1.74. The Morgan fingerprint density at radius 3 is 2.52 bits per heavy atom. The van der Waals surface area contributed by atoms with Crippen LogP contribution in [0, 0.1) is 0 Å². The standard InChI is InChI=1S/C17H15N5O/c18-13-3-1-2-12(10-13)17(23)22-16-11-15(6-9-20-16)21-14-4-7-19-8-5-14/h1-11H,18H2,(H2,19,20,21,22,23). The minimum Gasteiger partial charge on any atom is -0.399 e. The van der Waals surface area contributed by atoms with Crippen LogP contribution in [0.4, 0.5) is 22.9 Å². The number of carbonyl (C=O) groups excluding carboxylic acids is 1. The maximum atomic E-state index is 12.2. The number of hydrogen-bond donors (Lipinski definition) is 3. The van der Waals surface area contributed by atoms with Crippen molar-refractivity contribution in [2.75, 3.05) is 16.4 Å². The second-order valence-electron chi connectivity index (χ2n) is 4.87. The molecule has 0 radical (unpaired) electrons. The molecule has 6 nitrogen and oxygen atoms in total. The normalized spacial score (nSPS) is 10.1. The molecule has 0 saturated heterocycles. The molecule has 0 aliphatic rings. The molecule has 0 fully saturated rings. The number of nitrogens with two attached hydrogens (primary N) is 1. The van der Waals surface area contributed by atoms with Gasteiger partial charge in [-0.2, -0.15) is 0 Å². The number of anilines is 4. The van der Waals surface area contributed by atoms with Gasteiger partial charge in [0.05, 0.1) is 0 Å². The Labute approximate surface area is 133 Å². The fraction of sp³-hybridized carbons (Fsp3) is 0. The van der Waals surface area contributed by atoms with E-state index in [4.69, 9.17) is 5.73 Å². The van der Waals surface area contributed by atoms with Crippen LogP contribution in [0.1, 0.15) is 10.4 Å². The number of benzene rings is 1. The summed E-state index contributed by atoms with van der Waals surface area (Å²) >= 11 is 0. The highest BCUT2D eigenvalue weighted by Crippen LogP contribution is 2.18. The van der Waals surface area contributed by atoms with E-state index >= 15 is 0 Å². The molecule has 1 amide bonds. The third-order valence-electron chi connectivity index (χ3n) is 3.12. The van der Waals surface area contributed by atoms with Gasteiger partial charge in [-0.1, -0.05) is 6.07 Å². The highest BCUT2D eigenvalue weighted by atomic mass is 16.1. The summed E-state index contributed by atoms with van der Waals surface area (Å²) in [6, 6.07) is 14.1. The highest BCUT2D eigenvalue weighted by Gasteiger charge is 2.07. The first kappa shape index (κ1) is 14.5. The van der Waals surface area contributed by atoms with Gasteiger partial charge >= 0.3 is 0 Å². The monoisotopic (exact) mass is 305 g/mol. The second kappa shape index (κ2) is 6.57. The molecule has 0 bridgehead atoms. The fourth-order valence-electron chi connectivity index (χ4n) is 2.05. The van der Waals surface area contributed by atoms with Crippen LogP contribution in [0.15, 0.2) is 67.1 Å². The minimum atomic E-state index is -0.258. The number of nitrogens with one attached hydrogen (secondary N) is 2. The molecular formula is C17H15N5O. The van der Waals surface area contributed by atoms with E-state index in [1.807, 2.05) is 18.2 Å². The summed E-state index contributed by atoms with van der Waals surface area (Å²) in [7, 11) is 0. The molecule has 0 aliphatic heterocycles. The molecule has 0 aliphatic carbocycles. The number of amides is 1. The molecule has 2 aromatic heterocycles. The summed E-state index contributed by atoms with van der Waals surface area (Å²) in [5.41, 5.74) is 8.43. The quantitative estimate of drug-likeness (QED) is 0.644. The Morgan fingerprint density at radius 1 is 0.957 bits per heavy atom. The number of pyridine rings is 2. The lowest BCUT2D eigenvalue weighted by atomic mass is 10.2. The Kier molecular flexibility index (Phi) is 4.15. The van der Waals surface area contributed by atoms with Crippen molar-refractivity contribution in [3.8, 4) is 0 Å². The molecule has 0 spiro atoms. The van der Waals surface area contributed by atoms with E-state index in [0.29, 0.717) is 17.1 Å². The lowest BCUT2D eigenvalue weighted by molar-refractivity contribution is 0.102. The van der Waals surface area contributed by atoms with Gasteiger partial charge in [0.1, 0.15) is 5.82 Å². The van der Waals surface area contributed by atoms with Gasteiger partial charge in [-0.25, -0.2) is 4.98 Å². The Bertz CT molecular complexity index is 820. The number of nitrogen functional groups attached to an aromatic ring is 1. The number of hydrogen-bond acceptors (Lipinski definition) is 5. The van der Waals surface area contributed by atoms with Crippen LogP contribution in [0.3, 0.4) is 0 Å². The summed E-state index contributed by atoms with van der Waals surface area (Å²) in [4.78, 5) is 20.3. The first-order valence-corrected chi connectivity index (χ1v) is 7.01. The van der Waals surface area contributed by atoms with Crippen LogP contribution in [0.5, 0.6) is 0 Å². The van der Waals surface area contributed by atoms with E-state index in [9.17, 15) is 4.79 Å². The summed E-state index contributed by atoms with van der Waals surface area (Å²) in [5.74, 6) is 0.197. The smallest absolute Gasteiger partial charge is 0.256 e. The zero-order valence-electron chi connectivity index (χ0n) is 12.2. The first-order chi connectivity index (χ1) is 11.2. The summed E-state index contributed by atoms with van der Waals surface area (Å²) in [5, 5.41) is 5.97. The van der Waals surface area contributed by atoms with Gasteiger partial charge in [0.25, 0.3) is 5.91 Å². The van der Waals surface area contributed by atoms with E-state index in [0.717, 1.165) is 11.4 Å².